The summed E-state index contributed by atoms with van der Waals surface area (Å²) in [7, 11) is 0. The van der Waals surface area contributed by atoms with E-state index in [-0.39, 0.29) is 29.9 Å². The van der Waals surface area contributed by atoms with Crippen molar-refractivity contribution in [1.82, 2.24) is 10.5 Å². The third-order valence-corrected chi connectivity index (χ3v) is 4.46. The first kappa shape index (κ1) is 22.3. The summed E-state index contributed by atoms with van der Waals surface area (Å²) in [5, 5.41) is 10.7. The molecule has 0 amide bonds. The number of hydrogen-bond donors (Lipinski definition) is 2. The number of nitrogens with zero attached hydrogens (tertiary/aromatic N) is 2. The lowest BCUT2D eigenvalue weighted by Crippen LogP contribution is -2.31. The number of guanidine groups is 1. The Hall–Kier alpha value is -1.97. The van der Waals surface area contributed by atoms with Gasteiger partial charge in [0.2, 0.25) is 0 Å². The van der Waals surface area contributed by atoms with Gasteiger partial charge in [-0.1, -0.05) is 12.1 Å². The monoisotopic (exact) mass is 500 g/mol. The van der Waals surface area contributed by atoms with Gasteiger partial charge in [-0.05, 0) is 32.9 Å². The number of hydrogen-bond acceptors (Lipinski definition) is 5. The van der Waals surface area contributed by atoms with Gasteiger partial charge in [0.1, 0.15) is 5.76 Å². The minimum atomic E-state index is 0. The van der Waals surface area contributed by atoms with Gasteiger partial charge in [-0.15, -0.1) is 24.0 Å². The molecule has 1 atom stereocenters. The SMILES string of the molecule is CCNC(=NCC(C)c1c(C)noc1C)Nc1ccc2c(c1)OCCCO2.I. The van der Waals surface area contributed by atoms with E-state index in [0.717, 1.165) is 53.1 Å². The first-order chi connectivity index (χ1) is 13.1. The maximum absolute atomic E-state index is 5.76. The van der Waals surface area contributed by atoms with Gasteiger partial charge in [-0.3, -0.25) is 4.99 Å². The van der Waals surface area contributed by atoms with E-state index in [0.29, 0.717) is 19.8 Å². The summed E-state index contributed by atoms with van der Waals surface area (Å²) in [6, 6.07) is 5.85. The van der Waals surface area contributed by atoms with Crippen LogP contribution in [0.4, 0.5) is 5.69 Å². The highest BCUT2D eigenvalue weighted by Gasteiger charge is 2.16. The molecule has 1 aliphatic rings. The van der Waals surface area contributed by atoms with Gasteiger partial charge < -0.3 is 24.6 Å². The maximum Gasteiger partial charge on any atom is 0.195 e. The highest BCUT2D eigenvalue weighted by atomic mass is 127. The molecule has 0 bridgehead atoms. The lowest BCUT2D eigenvalue weighted by molar-refractivity contribution is 0.297. The number of halogens is 1. The molecule has 1 unspecified atom stereocenters. The topological polar surface area (TPSA) is 80.9 Å². The van der Waals surface area contributed by atoms with Crippen LogP contribution in [0.25, 0.3) is 0 Å². The van der Waals surface area contributed by atoms with E-state index < -0.39 is 0 Å². The van der Waals surface area contributed by atoms with Crippen LogP contribution in [0.5, 0.6) is 11.5 Å². The summed E-state index contributed by atoms with van der Waals surface area (Å²) in [5.41, 5.74) is 2.96. The third-order valence-electron chi connectivity index (χ3n) is 4.46. The molecule has 0 radical (unpaired) electrons. The first-order valence-corrected chi connectivity index (χ1v) is 9.46. The third kappa shape index (κ3) is 5.52. The van der Waals surface area contributed by atoms with Crippen molar-refractivity contribution in [2.24, 2.45) is 4.99 Å². The van der Waals surface area contributed by atoms with Gasteiger partial charge in [0.05, 0.1) is 18.9 Å². The van der Waals surface area contributed by atoms with E-state index in [2.05, 4.69) is 22.7 Å². The molecule has 2 N–H and O–H groups in total. The van der Waals surface area contributed by atoms with Crippen LogP contribution in [0.2, 0.25) is 0 Å². The number of fused-ring (bicyclic) bond motifs is 1. The molecule has 7 nitrogen and oxygen atoms in total. The second kappa shape index (κ2) is 10.5. The fraction of sp³-hybridized carbons (Fsp3) is 0.500. The van der Waals surface area contributed by atoms with Crippen LogP contribution >= 0.6 is 24.0 Å². The van der Waals surface area contributed by atoms with Gasteiger partial charge in [-0.2, -0.15) is 0 Å². The van der Waals surface area contributed by atoms with Crippen LogP contribution in [0.15, 0.2) is 27.7 Å². The molecule has 2 aromatic rings. The van der Waals surface area contributed by atoms with E-state index in [4.69, 9.17) is 19.0 Å². The highest BCUT2D eigenvalue weighted by molar-refractivity contribution is 14.0. The maximum atomic E-state index is 5.76. The molecular weight excluding hydrogens is 471 g/mol. The second-order valence-electron chi connectivity index (χ2n) is 6.70. The van der Waals surface area contributed by atoms with Crippen molar-refractivity contribution in [3.8, 4) is 11.5 Å². The van der Waals surface area contributed by atoms with Gasteiger partial charge in [0, 0.05) is 42.7 Å². The predicted molar refractivity (Wildman–Crippen MR) is 121 cm³/mol. The molecule has 2 heterocycles. The molecule has 1 aromatic carbocycles. The number of ether oxygens (including phenoxy) is 2. The Morgan fingerprint density at radius 1 is 1.21 bits per heavy atom. The molecule has 3 rings (SSSR count). The zero-order valence-corrected chi connectivity index (χ0v) is 19.2. The molecular formula is C20H29IN4O3. The number of benzene rings is 1. The number of aliphatic imine (C=N–C) groups is 1. The second-order valence-corrected chi connectivity index (χ2v) is 6.70. The van der Waals surface area contributed by atoms with Gasteiger partial charge in [-0.25, -0.2) is 0 Å². The minimum absolute atomic E-state index is 0. The van der Waals surface area contributed by atoms with Crippen molar-refractivity contribution >= 4 is 35.6 Å². The molecule has 0 saturated heterocycles. The Balaban J connectivity index is 0.00000280. The Kier molecular flexibility index (Phi) is 8.40. The van der Waals surface area contributed by atoms with Crippen LogP contribution in [0, 0.1) is 13.8 Å². The molecule has 0 spiro atoms. The van der Waals surface area contributed by atoms with E-state index in [9.17, 15) is 0 Å². The summed E-state index contributed by atoms with van der Waals surface area (Å²) in [6.45, 7) is 10.8. The summed E-state index contributed by atoms with van der Waals surface area (Å²) in [5.74, 6) is 3.35. The number of aryl methyl sites for hydroxylation is 2. The standard InChI is InChI=1S/C20H28N4O3.HI/c1-5-21-20(22-12-13(2)19-14(3)24-27-15(19)4)23-16-7-8-17-18(11-16)26-10-6-9-25-17;/h7-8,11,13H,5-6,9-10,12H2,1-4H3,(H2,21,22,23);1H. The summed E-state index contributed by atoms with van der Waals surface area (Å²) < 4.78 is 16.7. The largest absolute Gasteiger partial charge is 0.490 e. The average molecular weight is 500 g/mol. The van der Waals surface area contributed by atoms with Crippen molar-refractivity contribution < 1.29 is 14.0 Å². The average Bonchev–Trinajstić information content (AvgIpc) is 2.84. The zero-order valence-electron chi connectivity index (χ0n) is 16.9. The zero-order chi connectivity index (χ0) is 19.2. The number of anilines is 1. The van der Waals surface area contributed by atoms with E-state index in [1.807, 2.05) is 39.0 Å². The Labute approximate surface area is 183 Å². The van der Waals surface area contributed by atoms with Crippen LogP contribution < -0.4 is 20.1 Å². The summed E-state index contributed by atoms with van der Waals surface area (Å²) in [4.78, 5) is 4.73. The van der Waals surface area contributed by atoms with Crippen molar-refractivity contribution in [2.45, 2.75) is 40.0 Å². The molecule has 0 saturated carbocycles. The van der Waals surface area contributed by atoms with Gasteiger partial charge >= 0.3 is 0 Å². The molecule has 28 heavy (non-hydrogen) atoms. The predicted octanol–water partition coefficient (Wildman–Crippen LogP) is 4.25. The quantitative estimate of drug-likeness (QED) is 0.363. The normalized spacial score (nSPS) is 14.6. The van der Waals surface area contributed by atoms with Crippen molar-refractivity contribution in [3.63, 3.8) is 0 Å². The fourth-order valence-electron chi connectivity index (χ4n) is 3.20. The van der Waals surface area contributed by atoms with E-state index in [1.165, 1.54) is 0 Å². The lowest BCUT2D eigenvalue weighted by atomic mass is 10.00. The first-order valence-electron chi connectivity index (χ1n) is 9.46. The Morgan fingerprint density at radius 2 is 1.96 bits per heavy atom. The highest BCUT2D eigenvalue weighted by Crippen LogP contribution is 2.32. The van der Waals surface area contributed by atoms with E-state index >= 15 is 0 Å². The number of aromatic nitrogens is 1. The lowest BCUT2D eigenvalue weighted by Gasteiger charge is -2.15. The summed E-state index contributed by atoms with van der Waals surface area (Å²) >= 11 is 0. The molecule has 0 fully saturated rings. The Bertz CT molecular complexity index is 787. The number of nitrogens with one attached hydrogen (secondary N) is 2. The Morgan fingerprint density at radius 3 is 2.64 bits per heavy atom. The van der Waals surface area contributed by atoms with Crippen LogP contribution in [-0.4, -0.2) is 37.4 Å². The molecule has 0 aliphatic carbocycles. The molecule has 1 aliphatic heterocycles. The molecule has 8 heteroatoms. The molecule has 154 valence electrons. The van der Waals surface area contributed by atoms with Gasteiger partial charge in [0.25, 0.3) is 0 Å². The van der Waals surface area contributed by atoms with Crippen molar-refractivity contribution in [1.29, 1.82) is 0 Å². The summed E-state index contributed by atoms with van der Waals surface area (Å²) in [6.07, 6.45) is 0.890. The van der Waals surface area contributed by atoms with Crippen molar-refractivity contribution in [2.75, 3.05) is 31.6 Å². The number of rotatable bonds is 5. The fourth-order valence-corrected chi connectivity index (χ4v) is 3.20. The van der Waals surface area contributed by atoms with Gasteiger partial charge in [0.15, 0.2) is 17.5 Å². The smallest absolute Gasteiger partial charge is 0.195 e. The van der Waals surface area contributed by atoms with Crippen LogP contribution in [0.3, 0.4) is 0 Å². The molecule has 1 aromatic heterocycles. The minimum Gasteiger partial charge on any atom is -0.490 e. The van der Waals surface area contributed by atoms with Crippen LogP contribution in [0.1, 0.15) is 43.2 Å². The van der Waals surface area contributed by atoms with Crippen LogP contribution in [-0.2, 0) is 0 Å². The van der Waals surface area contributed by atoms with E-state index in [1.54, 1.807) is 0 Å². The van der Waals surface area contributed by atoms with Crippen molar-refractivity contribution in [3.05, 3.63) is 35.2 Å².